The molecular weight excluding hydrogens is 226 g/mol. The number of aromatic nitrogens is 1. The normalized spacial score (nSPS) is 19.7. The number of nitrogens with one attached hydrogen (secondary N) is 1. The van der Waals surface area contributed by atoms with Crippen molar-refractivity contribution in [2.24, 2.45) is 11.0 Å². The van der Waals surface area contributed by atoms with Crippen LogP contribution in [0.3, 0.4) is 0 Å². The van der Waals surface area contributed by atoms with Crippen LogP contribution >= 0.6 is 0 Å². The van der Waals surface area contributed by atoms with E-state index in [1.807, 2.05) is 30.5 Å². The number of rotatable bonds is 3. The number of allylic oxidation sites excluding steroid dienone is 2. The highest BCUT2D eigenvalue weighted by atomic mass is 16.4. The second-order valence-corrected chi connectivity index (χ2v) is 4.42. The molecule has 1 N–H and O–H groups in total. The molecule has 1 heterocycles. The number of oxazole rings is 1. The lowest BCUT2D eigenvalue weighted by Crippen LogP contribution is -2.05. The van der Waals surface area contributed by atoms with Gasteiger partial charge in [0.05, 0.1) is 0 Å². The molecule has 0 fully saturated rings. The molecule has 1 aliphatic carbocycles. The Kier molecular flexibility index (Phi) is 3.08. The molecule has 0 radical (unpaired) electrons. The number of hydrogen-bond acceptors (Lipinski definition) is 4. The highest BCUT2D eigenvalue weighted by Gasteiger charge is 2.07. The number of benzene rings is 1. The predicted molar refractivity (Wildman–Crippen MR) is 72.6 cm³/mol. The van der Waals surface area contributed by atoms with Gasteiger partial charge < -0.3 is 4.42 Å². The zero-order valence-electron chi connectivity index (χ0n) is 10.0. The SMILES string of the molecule is C1=CCC(/C=N/Nc2nc3ccccc3o2)CC1. The van der Waals surface area contributed by atoms with Gasteiger partial charge in [0.25, 0.3) is 0 Å². The zero-order chi connectivity index (χ0) is 12.2. The summed E-state index contributed by atoms with van der Waals surface area (Å²) >= 11 is 0. The van der Waals surface area contributed by atoms with Gasteiger partial charge in [0.2, 0.25) is 0 Å². The van der Waals surface area contributed by atoms with Crippen LogP contribution in [0.1, 0.15) is 19.3 Å². The third-order valence-corrected chi connectivity index (χ3v) is 3.05. The van der Waals surface area contributed by atoms with Gasteiger partial charge in [0.1, 0.15) is 5.52 Å². The van der Waals surface area contributed by atoms with Gasteiger partial charge in [-0.25, -0.2) is 5.43 Å². The summed E-state index contributed by atoms with van der Waals surface area (Å²) in [7, 11) is 0. The Morgan fingerprint density at radius 1 is 1.33 bits per heavy atom. The number of nitrogens with zero attached hydrogens (tertiary/aromatic N) is 2. The molecule has 2 aromatic rings. The van der Waals surface area contributed by atoms with Crippen molar-refractivity contribution in [3.8, 4) is 0 Å². The number of anilines is 1. The molecular formula is C14H15N3O. The van der Waals surface area contributed by atoms with Gasteiger partial charge in [0.15, 0.2) is 5.58 Å². The van der Waals surface area contributed by atoms with Crippen molar-refractivity contribution in [2.75, 3.05) is 5.43 Å². The lowest BCUT2D eigenvalue weighted by molar-refractivity contribution is 0.612. The first kappa shape index (κ1) is 11.0. The van der Waals surface area contributed by atoms with E-state index >= 15 is 0 Å². The van der Waals surface area contributed by atoms with Crippen molar-refractivity contribution in [1.82, 2.24) is 4.98 Å². The van der Waals surface area contributed by atoms with Crippen LogP contribution in [0.5, 0.6) is 0 Å². The van der Waals surface area contributed by atoms with Crippen LogP contribution in [0, 0.1) is 5.92 Å². The minimum absolute atomic E-state index is 0.443. The molecule has 0 amide bonds. The van der Waals surface area contributed by atoms with Crippen molar-refractivity contribution in [2.45, 2.75) is 19.3 Å². The summed E-state index contributed by atoms with van der Waals surface area (Å²) in [5.74, 6) is 0.520. The first-order valence-electron chi connectivity index (χ1n) is 6.21. The third kappa shape index (κ3) is 2.42. The maximum absolute atomic E-state index is 5.51. The summed E-state index contributed by atoms with van der Waals surface area (Å²) < 4.78 is 5.51. The Bertz CT molecular complexity index is 552. The van der Waals surface area contributed by atoms with Crippen LogP contribution < -0.4 is 5.43 Å². The Morgan fingerprint density at radius 2 is 2.28 bits per heavy atom. The maximum atomic E-state index is 5.51. The predicted octanol–water partition coefficient (Wildman–Crippen LogP) is 3.58. The van der Waals surface area contributed by atoms with Gasteiger partial charge in [0, 0.05) is 6.21 Å². The van der Waals surface area contributed by atoms with E-state index in [0.717, 1.165) is 30.4 Å². The van der Waals surface area contributed by atoms with Gasteiger partial charge in [-0.05, 0) is 37.3 Å². The van der Waals surface area contributed by atoms with E-state index in [2.05, 4.69) is 27.7 Å². The fourth-order valence-corrected chi connectivity index (χ4v) is 2.07. The van der Waals surface area contributed by atoms with E-state index < -0.39 is 0 Å². The summed E-state index contributed by atoms with van der Waals surface area (Å²) in [6, 6.07) is 8.11. The molecule has 1 aromatic heterocycles. The molecule has 92 valence electrons. The molecule has 0 saturated carbocycles. The van der Waals surface area contributed by atoms with Crippen LogP contribution in [0.15, 0.2) is 45.9 Å². The Hall–Kier alpha value is -2.10. The number of hydrogen-bond donors (Lipinski definition) is 1. The molecule has 3 rings (SSSR count). The number of hydrazone groups is 1. The largest absolute Gasteiger partial charge is 0.422 e. The van der Waals surface area contributed by atoms with Crippen LogP contribution in [0.4, 0.5) is 6.01 Å². The first-order chi connectivity index (χ1) is 8.92. The standard InChI is InChI=1S/C14H15N3O/c1-2-6-11(7-3-1)10-15-17-14-16-12-8-4-5-9-13(12)18-14/h1-2,4-5,8-11H,3,6-7H2,(H,16,17)/b15-10+. The molecule has 1 aliphatic rings. The van der Waals surface area contributed by atoms with Crippen molar-refractivity contribution >= 4 is 23.3 Å². The van der Waals surface area contributed by atoms with E-state index in [9.17, 15) is 0 Å². The van der Waals surface area contributed by atoms with Crippen molar-refractivity contribution in [3.63, 3.8) is 0 Å². The molecule has 0 bridgehead atoms. The topological polar surface area (TPSA) is 50.4 Å². The third-order valence-electron chi connectivity index (χ3n) is 3.05. The van der Waals surface area contributed by atoms with Gasteiger partial charge in [-0.15, -0.1) is 0 Å². The second kappa shape index (κ2) is 5.04. The van der Waals surface area contributed by atoms with Gasteiger partial charge in [-0.3, -0.25) is 0 Å². The lowest BCUT2D eigenvalue weighted by atomic mass is 9.96. The van der Waals surface area contributed by atoms with E-state index in [1.54, 1.807) is 0 Å². The molecule has 1 unspecified atom stereocenters. The van der Waals surface area contributed by atoms with E-state index in [4.69, 9.17) is 4.42 Å². The number of fused-ring (bicyclic) bond motifs is 1. The highest BCUT2D eigenvalue weighted by molar-refractivity contribution is 5.74. The van der Waals surface area contributed by atoms with Gasteiger partial charge in [-0.1, -0.05) is 24.3 Å². The van der Waals surface area contributed by atoms with E-state index in [0.29, 0.717) is 11.9 Å². The summed E-state index contributed by atoms with van der Waals surface area (Å²) in [4.78, 5) is 4.29. The molecule has 0 saturated heterocycles. The molecule has 1 aromatic carbocycles. The summed E-state index contributed by atoms with van der Waals surface area (Å²) in [6.45, 7) is 0. The molecule has 4 heteroatoms. The van der Waals surface area contributed by atoms with Crippen molar-refractivity contribution < 1.29 is 4.42 Å². The Morgan fingerprint density at radius 3 is 3.11 bits per heavy atom. The fourth-order valence-electron chi connectivity index (χ4n) is 2.07. The van der Waals surface area contributed by atoms with Crippen LogP contribution in [0.25, 0.3) is 11.1 Å². The Labute approximate surface area is 105 Å². The Balaban J connectivity index is 1.65. The van der Waals surface area contributed by atoms with Crippen molar-refractivity contribution in [3.05, 3.63) is 36.4 Å². The average molecular weight is 241 g/mol. The van der Waals surface area contributed by atoms with Crippen molar-refractivity contribution in [1.29, 1.82) is 0 Å². The minimum Gasteiger partial charge on any atom is -0.422 e. The second-order valence-electron chi connectivity index (χ2n) is 4.42. The zero-order valence-corrected chi connectivity index (χ0v) is 10.0. The molecule has 0 aliphatic heterocycles. The fraction of sp³-hybridized carbons (Fsp3) is 0.286. The molecule has 0 spiro atoms. The molecule has 1 atom stereocenters. The van der Waals surface area contributed by atoms with Gasteiger partial charge >= 0.3 is 6.01 Å². The molecule has 4 nitrogen and oxygen atoms in total. The molecule has 18 heavy (non-hydrogen) atoms. The smallest absolute Gasteiger partial charge is 0.316 e. The monoisotopic (exact) mass is 241 g/mol. The van der Waals surface area contributed by atoms with E-state index in [-0.39, 0.29) is 0 Å². The summed E-state index contributed by atoms with van der Waals surface area (Å²) in [6.07, 6.45) is 9.74. The quantitative estimate of drug-likeness (QED) is 0.507. The average Bonchev–Trinajstić information content (AvgIpc) is 2.82. The lowest BCUT2D eigenvalue weighted by Gasteiger charge is -2.11. The summed E-state index contributed by atoms with van der Waals surface area (Å²) in [5, 5.41) is 4.20. The summed E-state index contributed by atoms with van der Waals surface area (Å²) in [5.41, 5.74) is 4.47. The van der Waals surface area contributed by atoms with Crippen LogP contribution in [-0.2, 0) is 0 Å². The number of para-hydroxylation sites is 2. The minimum atomic E-state index is 0.443. The maximum Gasteiger partial charge on any atom is 0.316 e. The highest BCUT2D eigenvalue weighted by Crippen LogP contribution is 2.19. The van der Waals surface area contributed by atoms with E-state index in [1.165, 1.54) is 0 Å². The first-order valence-corrected chi connectivity index (χ1v) is 6.21. The van der Waals surface area contributed by atoms with Crippen LogP contribution in [-0.4, -0.2) is 11.2 Å². The van der Waals surface area contributed by atoms with Gasteiger partial charge in [-0.2, -0.15) is 10.1 Å². The van der Waals surface area contributed by atoms with Crippen LogP contribution in [0.2, 0.25) is 0 Å².